The number of aldehydes is 1. The first kappa shape index (κ1) is 19.5. The standard InChI is InChI=1S/C20H17ClN4O3S/c1-9-14(8-26)29-19-15(9)17(12-4-6-13(21)7-5-12)22-16(10(2)20(27)28)18-24-23-11(3)25(18)19/h4-8,10,16H,1-3H3,(H,27,28)/t10?,16-/m0/s1. The molecule has 1 aliphatic heterocycles. The number of hydrogen-bond acceptors (Lipinski definition) is 6. The van der Waals surface area contributed by atoms with Gasteiger partial charge >= 0.3 is 5.97 Å². The summed E-state index contributed by atoms with van der Waals surface area (Å²) in [6.07, 6.45) is 0.824. The number of nitrogens with zero attached hydrogens (tertiary/aromatic N) is 4. The molecule has 1 N–H and O–H groups in total. The Balaban J connectivity index is 2.08. The van der Waals surface area contributed by atoms with E-state index in [9.17, 15) is 14.7 Å². The number of fused-ring (bicyclic) bond motifs is 3. The van der Waals surface area contributed by atoms with Crippen LogP contribution in [0.3, 0.4) is 0 Å². The molecule has 4 rings (SSSR count). The number of carbonyl (C=O) groups excluding carboxylic acids is 1. The summed E-state index contributed by atoms with van der Waals surface area (Å²) < 4.78 is 1.82. The summed E-state index contributed by atoms with van der Waals surface area (Å²) in [5, 5.41) is 19.4. The average Bonchev–Trinajstić information content (AvgIpc) is 3.18. The van der Waals surface area contributed by atoms with Crippen LogP contribution in [0.4, 0.5) is 0 Å². The van der Waals surface area contributed by atoms with Crippen molar-refractivity contribution in [1.29, 1.82) is 0 Å². The average molecular weight is 429 g/mol. The third-order valence-electron chi connectivity index (χ3n) is 5.08. The second-order valence-corrected chi connectivity index (χ2v) is 8.35. The number of carbonyl (C=O) groups is 2. The molecule has 0 saturated heterocycles. The van der Waals surface area contributed by atoms with Gasteiger partial charge in [0.15, 0.2) is 12.1 Å². The molecule has 7 nitrogen and oxygen atoms in total. The number of benzene rings is 1. The molecule has 9 heteroatoms. The van der Waals surface area contributed by atoms with Gasteiger partial charge in [-0.3, -0.25) is 19.1 Å². The minimum absolute atomic E-state index is 0.446. The Morgan fingerprint density at radius 3 is 2.59 bits per heavy atom. The van der Waals surface area contributed by atoms with Gasteiger partial charge in [-0.15, -0.1) is 21.5 Å². The van der Waals surface area contributed by atoms with Crippen molar-refractivity contribution < 1.29 is 14.7 Å². The van der Waals surface area contributed by atoms with Crippen molar-refractivity contribution in [3.05, 3.63) is 62.5 Å². The molecule has 0 fully saturated rings. The molecule has 0 bridgehead atoms. The van der Waals surface area contributed by atoms with Gasteiger partial charge in [-0.1, -0.05) is 23.7 Å². The molecule has 1 aromatic carbocycles. The largest absolute Gasteiger partial charge is 0.481 e. The minimum atomic E-state index is -0.975. The van der Waals surface area contributed by atoms with Crippen molar-refractivity contribution in [3.63, 3.8) is 0 Å². The van der Waals surface area contributed by atoms with E-state index in [2.05, 4.69) is 10.2 Å². The van der Waals surface area contributed by atoms with E-state index in [0.717, 1.165) is 28.0 Å². The fraction of sp³-hybridized carbons (Fsp3) is 0.250. The van der Waals surface area contributed by atoms with Crippen LogP contribution in [0.5, 0.6) is 0 Å². The number of hydrogen-bond donors (Lipinski definition) is 1. The Morgan fingerprint density at radius 2 is 1.97 bits per heavy atom. The number of carboxylic acid groups (broad SMARTS) is 1. The highest BCUT2D eigenvalue weighted by atomic mass is 35.5. The predicted octanol–water partition coefficient (Wildman–Crippen LogP) is 4.02. The molecule has 1 unspecified atom stereocenters. The van der Waals surface area contributed by atoms with Gasteiger partial charge in [0.05, 0.1) is 16.5 Å². The lowest BCUT2D eigenvalue weighted by atomic mass is 9.98. The zero-order valence-electron chi connectivity index (χ0n) is 15.9. The second-order valence-electron chi connectivity index (χ2n) is 6.89. The third-order valence-corrected chi connectivity index (χ3v) is 6.53. The summed E-state index contributed by atoms with van der Waals surface area (Å²) >= 11 is 7.37. The van der Waals surface area contributed by atoms with Gasteiger partial charge in [0.1, 0.15) is 16.9 Å². The first-order chi connectivity index (χ1) is 13.8. The Labute approximate surface area is 175 Å². The molecule has 3 heterocycles. The molecule has 0 amide bonds. The SMILES string of the molecule is Cc1c(C=O)sc2c1C(c1ccc(Cl)cc1)=N[C@@H](C(C)C(=O)O)c1nnc(C)n1-2. The Morgan fingerprint density at radius 1 is 1.28 bits per heavy atom. The number of carboxylic acids is 1. The van der Waals surface area contributed by atoms with Gasteiger partial charge in [-0.2, -0.15) is 0 Å². The van der Waals surface area contributed by atoms with Crippen LogP contribution in [-0.4, -0.2) is 37.8 Å². The molecule has 2 atom stereocenters. The van der Waals surface area contributed by atoms with Gasteiger partial charge in [-0.25, -0.2) is 0 Å². The smallest absolute Gasteiger partial charge is 0.308 e. The van der Waals surface area contributed by atoms with Crippen molar-refractivity contribution >= 4 is 40.9 Å². The topological polar surface area (TPSA) is 97.4 Å². The fourth-order valence-corrected chi connectivity index (χ4v) is 4.75. The van der Waals surface area contributed by atoms with Crippen LogP contribution >= 0.6 is 22.9 Å². The van der Waals surface area contributed by atoms with Crippen LogP contribution in [0.15, 0.2) is 29.3 Å². The highest BCUT2D eigenvalue weighted by molar-refractivity contribution is 7.16. The van der Waals surface area contributed by atoms with Crippen molar-refractivity contribution in [1.82, 2.24) is 14.8 Å². The van der Waals surface area contributed by atoms with E-state index in [1.165, 1.54) is 11.3 Å². The number of aliphatic carboxylic acids is 1. The predicted molar refractivity (Wildman–Crippen MR) is 111 cm³/mol. The van der Waals surface area contributed by atoms with Gasteiger partial charge in [0, 0.05) is 16.1 Å². The van der Waals surface area contributed by atoms with Crippen LogP contribution in [0.1, 0.15) is 51.0 Å². The number of halogens is 1. The monoisotopic (exact) mass is 428 g/mol. The van der Waals surface area contributed by atoms with E-state index in [-0.39, 0.29) is 0 Å². The maximum atomic E-state index is 11.8. The Bertz CT molecular complexity index is 1160. The summed E-state index contributed by atoms with van der Waals surface area (Å²) in [5.41, 5.74) is 2.97. The van der Waals surface area contributed by atoms with E-state index in [4.69, 9.17) is 16.6 Å². The Kier molecular flexibility index (Phi) is 4.84. The lowest BCUT2D eigenvalue weighted by Gasteiger charge is -2.16. The number of aryl methyl sites for hydroxylation is 1. The maximum absolute atomic E-state index is 11.8. The van der Waals surface area contributed by atoms with Crippen LogP contribution in [0.25, 0.3) is 5.00 Å². The number of rotatable bonds is 4. The van der Waals surface area contributed by atoms with Crippen LogP contribution in [-0.2, 0) is 4.79 Å². The molecule has 1 aliphatic rings. The highest BCUT2D eigenvalue weighted by Gasteiger charge is 2.36. The van der Waals surface area contributed by atoms with Crippen molar-refractivity contribution in [3.8, 4) is 5.00 Å². The quantitative estimate of drug-likeness (QED) is 0.633. The first-order valence-electron chi connectivity index (χ1n) is 8.91. The molecule has 0 aliphatic carbocycles. The molecule has 29 heavy (non-hydrogen) atoms. The van der Waals surface area contributed by atoms with E-state index >= 15 is 0 Å². The molecule has 2 aromatic heterocycles. The summed E-state index contributed by atoms with van der Waals surface area (Å²) in [5.74, 6) is -0.743. The molecule has 0 spiro atoms. The van der Waals surface area contributed by atoms with Gasteiger partial charge in [0.2, 0.25) is 0 Å². The van der Waals surface area contributed by atoms with Crippen LogP contribution in [0, 0.1) is 19.8 Å². The van der Waals surface area contributed by atoms with Crippen molar-refractivity contribution in [2.75, 3.05) is 0 Å². The van der Waals surface area contributed by atoms with Gasteiger partial charge < -0.3 is 5.11 Å². The molecule has 0 radical (unpaired) electrons. The minimum Gasteiger partial charge on any atom is -0.481 e. The highest BCUT2D eigenvalue weighted by Crippen LogP contribution is 2.40. The summed E-state index contributed by atoms with van der Waals surface area (Å²) in [7, 11) is 0. The van der Waals surface area contributed by atoms with Crippen LogP contribution < -0.4 is 0 Å². The maximum Gasteiger partial charge on any atom is 0.308 e. The van der Waals surface area contributed by atoms with Gasteiger partial charge in [0.25, 0.3) is 0 Å². The second kappa shape index (κ2) is 7.20. The lowest BCUT2D eigenvalue weighted by molar-refractivity contribution is -0.141. The van der Waals surface area contributed by atoms with Crippen molar-refractivity contribution in [2.24, 2.45) is 10.9 Å². The summed E-state index contributed by atoms with van der Waals surface area (Å²) in [6.45, 7) is 5.27. The summed E-state index contributed by atoms with van der Waals surface area (Å²) in [6, 6.07) is 6.45. The van der Waals surface area contributed by atoms with Crippen LogP contribution in [0.2, 0.25) is 5.02 Å². The molecular weight excluding hydrogens is 412 g/mol. The van der Waals surface area contributed by atoms with E-state index in [0.29, 0.717) is 27.3 Å². The zero-order valence-corrected chi connectivity index (χ0v) is 17.5. The summed E-state index contributed by atoms with van der Waals surface area (Å²) in [4.78, 5) is 28.9. The first-order valence-corrected chi connectivity index (χ1v) is 10.1. The fourth-order valence-electron chi connectivity index (χ4n) is 3.44. The molecular formula is C20H17ClN4O3S. The van der Waals surface area contributed by atoms with E-state index in [1.54, 1.807) is 26.0 Å². The van der Waals surface area contributed by atoms with E-state index in [1.807, 2.05) is 23.6 Å². The zero-order chi connectivity index (χ0) is 20.9. The molecule has 0 saturated carbocycles. The van der Waals surface area contributed by atoms with E-state index < -0.39 is 17.9 Å². The normalized spacial score (nSPS) is 16.4. The van der Waals surface area contributed by atoms with Gasteiger partial charge in [-0.05, 0) is 38.5 Å². The number of aliphatic imine (C=N–C) groups is 1. The lowest BCUT2D eigenvalue weighted by Crippen LogP contribution is -2.21. The number of thiophene rings is 1. The third kappa shape index (κ3) is 3.08. The van der Waals surface area contributed by atoms with Crippen molar-refractivity contribution in [2.45, 2.75) is 26.8 Å². The molecule has 3 aromatic rings. The number of aromatic nitrogens is 3. The molecule has 148 valence electrons. The Hall–Kier alpha value is -2.84.